The van der Waals surface area contributed by atoms with E-state index in [1.165, 1.54) is 0 Å². The summed E-state index contributed by atoms with van der Waals surface area (Å²) in [6, 6.07) is 12.2. The molecule has 1 N–H and O–H groups in total. The number of nitrogens with zero attached hydrogens (tertiary/aromatic N) is 1. The van der Waals surface area contributed by atoms with Crippen LogP contribution in [-0.4, -0.2) is 27.5 Å². The van der Waals surface area contributed by atoms with Gasteiger partial charge >= 0.3 is 0 Å². The molecule has 0 aromatic heterocycles. The van der Waals surface area contributed by atoms with Gasteiger partial charge in [0, 0.05) is 24.7 Å². The van der Waals surface area contributed by atoms with Gasteiger partial charge in [0.15, 0.2) is 0 Å². The predicted molar refractivity (Wildman–Crippen MR) is 104 cm³/mol. The molecule has 1 aliphatic rings. The lowest BCUT2D eigenvalue weighted by atomic mass is 10.1. The average Bonchev–Trinajstić information content (AvgIpc) is 3.01. The third kappa shape index (κ3) is 3.99. The number of carbonyl (C=O) groups excluding carboxylic acids is 1. The van der Waals surface area contributed by atoms with Crippen LogP contribution < -0.4 is 14.4 Å². The fourth-order valence-corrected chi connectivity index (χ4v) is 4.44. The van der Waals surface area contributed by atoms with Crippen LogP contribution in [-0.2, 0) is 27.8 Å². The Morgan fingerprint density at radius 1 is 1.26 bits per heavy atom. The van der Waals surface area contributed by atoms with Crippen LogP contribution in [0, 0.1) is 0 Å². The van der Waals surface area contributed by atoms with E-state index in [4.69, 9.17) is 4.74 Å². The number of ether oxygens (including phenoxy) is 1. The van der Waals surface area contributed by atoms with Crippen molar-refractivity contribution < 1.29 is 17.9 Å². The summed E-state index contributed by atoms with van der Waals surface area (Å²) in [6.07, 6.45) is 1.08. The van der Waals surface area contributed by atoms with Gasteiger partial charge in [-0.2, -0.15) is 0 Å². The SMILES string of the molecule is CCC(=O)N1c2ccc(S(=O)(=O)NCc3cccc(OC)c3)cc2C[C@@H]1C. The van der Waals surface area contributed by atoms with Crippen LogP contribution in [0.1, 0.15) is 31.4 Å². The Labute approximate surface area is 160 Å². The molecule has 1 atom stereocenters. The van der Waals surface area contributed by atoms with Crippen molar-refractivity contribution in [3.8, 4) is 5.75 Å². The van der Waals surface area contributed by atoms with E-state index in [2.05, 4.69) is 4.72 Å². The molecule has 0 fully saturated rings. The van der Waals surface area contributed by atoms with Gasteiger partial charge in [0.1, 0.15) is 5.75 Å². The minimum Gasteiger partial charge on any atom is -0.497 e. The number of anilines is 1. The Morgan fingerprint density at radius 2 is 2.04 bits per heavy atom. The molecule has 1 heterocycles. The van der Waals surface area contributed by atoms with Crippen molar-refractivity contribution in [1.29, 1.82) is 0 Å². The molecule has 0 saturated heterocycles. The Morgan fingerprint density at radius 3 is 2.74 bits per heavy atom. The van der Waals surface area contributed by atoms with E-state index in [1.54, 1.807) is 36.3 Å². The zero-order valence-electron chi connectivity index (χ0n) is 15.7. The molecule has 0 bridgehead atoms. The van der Waals surface area contributed by atoms with Crippen molar-refractivity contribution in [2.45, 2.75) is 44.2 Å². The summed E-state index contributed by atoms with van der Waals surface area (Å²) in [7, 11) is -2.08. The number of nitrogens with one attached hydrogen (secondary N) is 1. The molecule has 7 heteroatoms. The highest BCUT2D eigenvalue weighted by molar-refractivity contribution is 7.89. The highest BCUT2D eigenvalue weighted by atomic mass is 32.2. The van der Waals surface area contributed by atoms with Crippen LogP contribution in [0.3, 0.4) is 0 Å². The molecular formula is C20H24N2O4S. The quantitative estimate of drug-likeness (QED) is 0.826. The first-order chi connectivity index (χ1) is 12.9. The molecular weight excluding hydrogens is 364 g/mol. The minimum atomic E-state index is -3.65. The van der Waals surface area contributed by atoms with Crippen LogP contribution in [0.15, 0.2) is 47.4 Å². The highest BCUT2D eigenvalue weighted by Gasteiger charge is 2.31. The van der Waals surface area contributed by atoms with E-state index in [0.717, 1.165) is 16.8 Å². The van der Waals surface area contributed by atoms with Crippen LogP contribution in [0.4, 0.5) is 5.69 Å². The molecule has 2 aromatic rings. The van der Waals surface area contributed by atoms with Gasteiger partial charge in [0.25, 0.3) is 0 Å². The molecule has 0 radical (unpaired) electrons. The fourth-order valence-electron chi connectivity index (χ4n) is 3.37. The van der Waals surface area contributed by atoms with Gasteiger partial charge < -0.3 is 9.64 Å². The Hall–Kier alpha value is -2.38. The molecule has 0 saturated carbocycles. The summed E-state index contributed by atoms with van der Waals surface area (Å²) in [6.45, 7) is 3.98. The molecule has 2 aromatic carbocycles. The molecule has 0 unspecified atom stereocenters. The summed E-state index contributed by atoms with van der Waals surface area (Å²) in [5.41, 5.74) is 2.50. The Balaban J connectivity index is 1.80. The van der Waals surface area contributed by atoms with Crippen LogP contribution in [0.2, 0.25) is 0 Å². The molecule has 1 aliphatic heterocycles. The number of fused-ring (bicyclic) bond motifs is 1. The number of hydrogen-bond donors (Lipinski definition) is 1. The van der Waals surface area contributed by atoms with Crippen molar-refractivity contribution in [2.24, 2.45) is 0 Å². The van der Waals surface area contributed by atoms with Gasteiger partial charge in [0.05, 0.1) is 12.0 Å². The summed E-state index contributed by atoms with van der Waals surface area (Å²) in [5.74, 6) is 0.729. The van der Waals surface area contributed by atoms with Crippen LogP contribution in [0.5, 0.6) is 5.75 Å². The summed E-state index contributed by atoms with van der Waals surface area (Å²) in [4.78, 5) is 14.1. The van der Waals surface area contributed by atoms with Crippen molar-refractivity contribution >= 4 is 21.6 Å². The van der Waals surface area contributed by atoms with E-state index in [-0.39, 0.29) is 23.4 Å². The summed E-state index contributed by atoms with van der Waals surface area (Å²) >= 11 is 0. The lowest BCUT2D eigenvalue weighted by Gasteiger charge is -2.22. The largest absolute Gasteiger partial charge is 0.497 e. The average molecular weight is 388 g/mol. The summed E-state index contributed by atoms with van der Waals surface area (Å²) < 4.78 is 33.2. The molecule has 3 rings (SSSR count). The number of carbonyl (C=O) groups is 1. The standard InChI is InChI=1S/C20H24N2O4S/c1-4-20(23)22-14(2)10-16-12-18(8-9-19(16)22)27(24,25)21-13-15-6-5-7-17(11-15)26-3/h5-9,11-12,14,21H,4,10,13H2,1-3H3/t14-/m0/s1. The maximum absolute atomic E-state index is 12.7. The number of amides is 1. The number of sulfonamides is 1. The van der Waals surface area contributed by atoms with E-state index >= 15 is 0 Å². The number of hydrogen-bond acceptors (Lipinski definition) is 4. The lowest BCUT2D eigenvalue weighted by Crippen LogP contribution is -2.35. The smallest absolute Gasteiger partial charge is 0.240 e. The second kappa shape index (κ2) is 7.70. The minimum absolute atomic E-state index is 0.0372. The first-order valence-electron chi connectivity index (χ1n) is 8.93. The highest BCUT2D eigenvalue weighted by Crippen LogP contribution is 2.34. The predicted octanol–water partition coefficient (Wildman–Crippen LogP) is 2.86. The number of methoxy groups -OCH3 is 1. The Bertz CT molecular complexity index is 956. The topological polar surface area (TPSA) is 75.7 Å². The lowest BCUT2D eigenvalue weighted by molar-refractivity contribution is -0.118. The fraction of sp³-hybridized carbons (Fsp3) is 0.350. The van der Waals surface area contributed by atoms with Gasteiger partial charge in [-0.25, -0.2) is 13.1 Å². The van der Waals surface area contributed by atoms with Crippen molar-refractivity contribution in [3.05, 3.63) is 53.6 Å². The molecule has 27 heavy (non-hydrogen) atoms. The van der Waals surface area contributed by atoms with E-state index < -0.39 is 10.0 Å². The zero-order chi connectivity index (χ0) is 19.6. The molecule has 0 aliphatic carbocycles. The van der Waals surface area contributed by atoms with Gasteiger partial charge in [0.2, 0.25) is 15.9 Å². The van der Waals surface area contributed by atoms with Crippen LogP contribution in [0.25, 0.3) is 0 Å². The van der Waals surface area contributed by atoms with Gasteiger partial charge in [-0.3, -0.25) is 4.79 Å². The monoisotopic (exact) mass is 388 g/mol. The van der Waals surface area contributed by atoms with Crippen molar-refractivity contribution in [3.63, 3.8) is 0 Å². The second-order valence-corrected chi connectivity index (χ2v) is 8.40. The van der Waals surface area contributed by atoms with Gasteiger partial charge in [-0.15, -0.1) is 0 Å². The first kappa shape index (κ1) is 19.4. The van der Waals surface area contributed by atoms with Gasteiger partial charge in [-0.05, 0) is 54.8 Å². The number of rotatable bonds is 6. The zero-order valence-corrected chi connectivity index (χ0v) is 16.5. The second-order valence-electron chi connectivity index (χ2n) is 6.64. The molecule has 144 valence electrons. The van der Waals surface area contributed by atoms with E-state index in [9.17, 15) is 13.2 Å². The third-order valence-corrected chi connectivity index (χ3v) is 6.15. The normalized spacial score (nSPS) is 16.3. The van der Waals surface area contributed by atoms with Gasteiger partial charge in [-0.1, -0.05) is 19.1 Å². The van der Waals surface area contributed by atoms with Crippen molar-refractivity contribution in [1.82, 2.24) is 4.72 Å². The van der Waals surface area contributed by atoms with E-state index in [1.807, 2.05) is 32.0 Å². The number of benzene rings is 2. The maximum Gasteiger partial charge on any atom is 0.240 e. The van der Waals surface area contributed by atoms with Crippen molar-refractivity contribution in [2.75, 3.05) is 12.0 Å². The third-order valence-electron chi connectivity index (χ3n) is 4.75. The first-order valence-corrected chi connectivity index (χ1v) is 10.4. The maximum atomic E-state index is 12.7. The molecule has 0 spiro atoms. The summed E-state index contributed by atoms with van der Waals surface area (Å²) in [5, 5.41) is 0. The molecule has 6 nitrogen and oxygen atoms in total. The molecule has 1 amide bonds. The van der Waals surface area contributed by atoms with E-state index in [0.29, 0.717) is 18.6 Å². The van der Waals surface area contributed by atoms with Crippen LogP contribution >= 0.6 is 0 Å². The Kier molecular flexibility index (Phi) is 5.53.